The van der Waals surface area contributed by atoms with Gasteiger partial charge in [-0.25, -0.2) is 4.99 Å². The summed E-state index contributed by atoms with van der Waals surface area (Å²) < 4.78 is 13.5. The Morgan fingerprint density at radius 3 is 2.50 bits per heavy atom. The molecule has 4 rings (SSSR count). The number of aromatic nitrogens is 1. The first-order valence-electron chi connectivity index (χ1n) is 10.0. The molecule has 0 radical (unpaired) electrons. The number of hydrogen-bond acceptors (Lipinski definition) is 3. The van der Waals surface area contributed by atoms with E-state index >= 15 is 0 Å². The van der Waals surface area contributed by atoms with Gasteiger partial charge in [0.05, 0.1) is 22.5 Å². The molecule has 1 N–H and O–H groups in total. The minimum atomic E-state index is -0.830. The number of H-pyrrole nitrogens is 1. The lowest BCUT2D eigenvalue weighted by molar-refractivity contribution is 0.542. The third kappa shape index (κ3) is 3.85. The quantitative estimate of drug-likeness (QED) is 0.465. The van der Waals surface area contributed by atoms with E-state index in [-0.39, 0.29) is 5.54 Å². The Labute approximate surface area is 184 Å². The van der Waals surface area contributed by atoms with E-state index in [0.717, 1.165) is 33.1 Å². The molecule has 0 amide bonds. The van der Waals surface area contributed by atoms with E-state index in [2.05, 4.69) is 70.7 Å². The fourth-order valence-electron chi connectivity index (χ4n) is 3.98. The monoisotopic (exact) mass is 468 g/mol. The van der Waals surface area contributed by atoms with Gasteiger partial charge in [-0.05, 0) is 77.5 Å². The van der Waals surface area contributed by atoms with Crippen molar-refractivity contribution in [1.29, 1.82) is 0 Å². The Balaban J connectivity index is 1.90. The van der Waals surface area contributed by atoms with Crippen molar-refractivity contribution in [2.45, 2.75) is 57.1 Å². The molecule has 156 valence electrons. The zero-order chi connectivity index (χ0) is 21.9. The molecule has 1 aromatic heterocycles. The Kier molecular flexibility index (Phi) is 4.77. The number of hydrogen-bond donors (Lipinski definition) is 1. The lowest BCUT2D eigenvalue weighted by Gasteiger charge is -2.21. The Hall–Kier alpha value is -2.34. The molecule has 6 heteroatoms. The molecular formula is C24H26BrFN4. The molecule has 0 bridgehead atoms. The number of nitrogens with zero attached hydrogens (tertiary/aromatic N) is 3. The second kappa shape index (κ2) is 6.84. The highest BCUT2D eigenvalue weighted by atomic mass is 79.9. The van der Waals surface area contributed by atoms with Crippen LogP contribution in [0.2, 0.25) is 0 Å². The predicted octanol–water partition coefficient (Wildman–Crippen LogP) is 4.51. The molecule has 4 nitrogen and oxygen atoms in total. The molecule has 0 fully saturated rings. The Morgan fingerprint density at radius 2 is 1.77 bits per heavy atom. The zero-order valence-corrected chi connectivity index (χ0v) is 19.7. The third-order valence-electron chi connectivity index (χ3n) is 5.40. The summed E-state index contributed by atoms with van der Waals surface area (Å²) in [5.41, 5.74) is 3.49. The normalized spacial score (nSPS) is 26.4. The van der Waals surface area contributed by atoms with Gasteiger partial charge in [0.15, 0.2) is 0 Å². The molecule has 0 aromatic carbocycles. The van der Waals surface area contributed by atoms with Crippen molar-refractivity contribution >= 4 is 52.0 Å². The van der Waals surface area contributed by atoms with Crippen LogP contribution in [-0.2, 0) is 5.54 Å². The number of nitrogens with one attached hydrogen (secondary N) is 1. The van der Waals surface area contributed by atoms with Gasteiger partial charge in [0.25, 0.3) is 0 Å². The molecule has 0 aliphatic carbocycles. The van der Waals surface area contributed by atoms with Crippen molar-refractivity contribution in [2.75, 3.05) is 0 Å². The van der Waals surface area contributed by atoms with Gasteiger partial charge in [-0.1, -0.05) is 22.0 Å². The smallest absolute Gasteiger partial charge is 0.212 e. The SMILES string of the molecule is CC1=CC(C2=NC(C)(C)c3[nH]c4c(c3C=C2)=CC(C)(C)N=CC=4)=CC(C)(Br)N=C1F. The van der Waals surface area contributed by atoms with Crippen molar-refractivity contribution < 1.29 is 4.39 Å². The van der Waals surface area contributed by atoms with E-state index in [1.54, 1.807) is 6.92 Å². The van der Waals surface area contributed by atoms with E-state index in [0.29, 0.717) is 5.57 Å². The maximum Gasteiger partial charge on any atom is 0.212 e. The van der Waals surface area contributed by atoms with Crippen LogP contribution in [0.1, 0.15) is 52.8 Å². The minimum Gasteiger partial charge on any atom is -0.356 e. The molecular weight excluding hydrogens is 443 g/mol. The first-order valence-corrected chi connectivity index (χ1v) is 10.8. The Bertz CT molecular complexity index is 1230. The van der Waals surface area contributed by atoms with Gasteiger partial charge in [-0.3, -0.25) is 9.98 Å². The van der Waals surface area contributed by atoms with Gasteiger partial charge in [-0.15, -0.1) is 0 Å². The largest absolute Gasteiger partial charge is 0.356 e. The topological polar surface area (TPSA) is 52.9 Å². The van der Waals surface area contributed by atoms with Gasteiger partial charge in [0.2, 0.25) is 5.97 Å². The van der Waals surface area contributed by atoms with E-state index in [1.807, 2.05) is 37.4 Å². The average Bonchev–Trinajstić information content (AvgIpc) is 2.70. The van der Waals surface area contributed by atoms with Crippen molar-refractivity contribution in [3.8, 4) is 0 Å². The Morgan fingerprint density at radius 1 is 1.03 bits per heavy atom. The zero-order valence-electron chi connectivity index (χ0n) is 18.1. The molecule has 3 aliphatic rings. The highest BCUT2D eigenvalue weighted by Crippen LogP contribution is 2.33. The van der Waals surface area contributed by atoms with Crippen molar-refractivity contribution in [3.05, 3.63) is 51.2 Å². The van der Waals surface area contributed by atoms with Gasteiger partial charge < -0.3 is 4.98 Å². The number of rotatable bonds is 1. The predicted molar refractivity (Wildman–Crippen MR) is 129 cm³/mol. The first-order chi connectivity index (χ1) is 13.9. The van der Waals surface area contributed by atoms with Gasteiger partial charge in [0.1, 0.15) is 4.45 Å². The molecule has 1 atom stereocenters. The minimum absolute atomic E-state index is 0.290. The van der Waals surface area contributed by atoms with Crippen LogP contribution in [0, 0.1) is 0 Å². The summed E-state index contributed by atoms with van der Waals surface area (Å²) in [6.45, 7) is 11.9. The van der Waals surface area contributed by atoms with Crippen LogP contribution in [0.3, 0.4) is 0 Å². The van der Waals surface area contributed by atoms with E-state index in [9.17, 15) is 4.39 Å². The average molecular weight is 469 g/mol. The summed E-state index contributed by atoms with van der Waals surface area (Å²) in [5.74, 6) is -0.471. The molecule has 0 saturated heterocycles. The fraction of sp³-hybridized carbons (Fsp3) is 0.375. The molecule has 3 aliphatic heterocycles. The van der Waals surface area contributed by atoms with Crippen molar-refractivity contribution in [1.82, 2.24) is 4.98 Å². The van der Waals surface area contributed by atoms with Crippen molar-refractivity contribution in [2.24, 2.45) is 15.0 Å². The summed E-state index contributed by atoms with van der Waals surface area (Å²) in [6.07, 6.45) is 13.9. The second-order valence-corrected chi connectivity index (χ2v) is 10.8. The van der Waals surface area contributed by atoms with Gasteiger partial charge in [0, 0.05) is 27.9 Å². The van der Waals surface area contributed by atoms with Gasteiger partial charge >= 0.3 is 0 Å². The number of allylic oxidation sites excluding steroid dienone is 4. The van der Waals surface area contributed by atoms with Crippen LogP contribution in [0.25, 0.3) is 18.2 Å². The summed E-state index contributed by atoms with van der Waals surface area (Å²) in [6, 6.07) is 0. The van der Waals surface area contributed by atoms with Crippen LogP contribution in [0.15, 0.2) is 44.4 Å². The molecule has 1 unspecified atom stereocenters. The van der Waals surface area contributed by atoms with Crippen LogP contribution in [0.4, 0.5) is 4.39 Å². The van der Waals surface area contributed by atoms with E-state index in [1.165, 1.54) is 0 Å². The standard InChI is InChI=1S/C24H26BrFN4/c1-14-11-15(12-24(6,25)30-21(14)26)18-8-7-16-17-13-22(2,3)27-10-9-19(17)28-20(16)23(4,5)29-18/h7-13,28H,1-6H3. The molecule has 4 heterocycles. The number of halogens is 2. The second-order valence-electron chi connectivity index (χ2n) is 9.23. The number of aliphatic imine (C=N–C) groups is 3. The van der Waals surface area contributed by atoms with E-state index < -0.39 is 16.0 Å². The lowest BCUT2D eigenvalue weighted by Crippen LogP contribution is -2.27. The molecule has 0 saturated carbocycles. The maximum absolute atomic E-state index is 14.3. The highest BCUT2D eigenvalue weighted by Gasteiger charge is 2.30. The number of alkyl halides is 1. The van der Waals surface area contributed by atoms with Crippen LogP contribution in [0.5, 0.6) is 0 Å². The molecule has 1 aromatic rings. The van der Waals surface area contributed by atoms with Crippen LogP contribution in [-0.4, -0.2) is 32.9 Å². The van der Waals surface area contributed by atoms with E-state index in [4.69, 9.17) is 4.99 Å². The van der Waals surface area contributed by atoms with Gasteiger partial charge in [-0.2, -0.15) is 4.39 Å². The lowest BCUT2D eigenvalue weighted by atomic mass is 9.96. The maximum atomic E-state index is 14.3. The first kappa shape index (κ1) is 20.9. The molecule has 30 heavy (non-hydrogen) atoms. The fourth-order valence-corrected chi connectivity index (χ4v) is 4.38. The summed E-state index contributed by atoms with van der Waals surface area (Å²) in [5, 5.41) is 2.17. The summed E-state index contributed by atoms with van der Waals surface area (Å²) >= 11 is 3.51. The van der Waals surface area contributed by atoms with Crippen LogP contribution >= 0.6 is 15.9 Å². The third-order valence-corrected chi connectivity index (χ3v) is 5.81. The van der Waals surface area contributed by atoms with Crippen molar-refractivity contribution in [3.63, 3.8) is 0 Å². The summed E-state index contributed by atoms with van der Waals surface area (Å²) in [7, 11) is 0. The molecule has 0 spiro atoms. The number of fused-ring (bicyclic) bond motifs is 3. The summed E-state index contributed by atoms with van der Waals surface area (Å²) in [4.78, 5) is 17.4. The van der Waals surface area contributed by atoms with Crippen LogP contribution < -0.4 is 10.6 Å². The number of aromatic amines is 1. The highest BCUT2D eigenvalue weighted by molar-refractivity contribution is 9.10.